The van der Waals surface area contributed by atoms with Gasteiger partial charge >= 0.3 is 5.97 Å². The Kier molecular flexibility index (Phi) is 4.96. The number of hydrogen-bond donors (Lipinski definition) is 1. The minimum atomic E-state index is -0.756. The molecule has 0 saturated heterocycles. The van der Waals surface area contributed by atoms with E-state index in [1.807, 2.05) is 30.1 Å². The van der Waals surface area contributed by atoms with Gasteiger partial charge in [-0.1, -0.05) is 28.1 Å². The summed E-state index contributed by atoms with van der Waals surface area (Å²) in [5.41, 5.74) is 1.18. The van der Waals surface area contributed by atoms with E-state index < -0.39 is 5.97 Å². The lowest BCUT2D eigenvalue weighted by atomic mass is 10.1. The lowest BCUT2D eigenvalue weighted by Gasteiger charge is -2.24. The molecule has 1 aromatic rings. The van der Waals surface area contributed by atoms with Gasteiger partial charge in [-0.25, -0.2) is 0 Å². The van der Waals surface area contributed by atoms with E-state index >= 15 is 0 Å². The number of aliphatic carboxylic acids is 1. The van der Waals surface area contributed by atoms with Crippen LogP contribution < -0.4 is 0 Å². The molecule has 1 aromatic carbocycles. The minimum absolute atomic E-state index is 0.175. The number of carboxylic acids is 1. The number of rotatable bonds is 5. The number of halogens is 1. The molecule has 0 bridgehead atoms. The quantitative estimate of drug-likeness (QED) is 0.904. The summed E-state index contributed by atoms with van der Waals surface area (Å²) in [5, 5.41) is 8.62. The molecule has 1 atom stereocenters. The van der Waals surface area contributed by atoms with Crippen LogP contribution in [0, 0.1) is 0 Å². The largest absolute Gasteiger partial charge is 0.481 e. The van der Waals surface area contributed by atoms with Crippen LogP contribution >= 0.6 is 15.9 Å². The van der Waals surface area contributed by atoms with Crippen LogP contribution in [0.2, 0.25) is 0 Å². The molecule has 0 heterocycles. The van der Waals surface area contributed by atoms with E-state index in [1.54, 1.807) is 0 Å². The lowest BCUT2D eigenvalue weighted by molar-refractivity contribution is -0.137. The van der Waals surface area contributed by atoms with E-state index in [0.717, 1.165) is 4.47 Å². The molecule has 1 unspecified atom stereocenters. The number of benzene rings is 1. The SMILES string of the molecule is CC(c1cccc(Br)c1)N(C)CCC(=O)O. The first-order chi connectivity index (χ1) is 7.50. The third-order valence-corrected chi connectivity index (χ3v) is 3.16. The Morgan fingerprint density at radius 3 is 2.81 bits per heavy atom. The Balaban J connectivity index is 2.62. The van der Waals surface area contributed by atoms with Crippen molar-refractivity contribution in [3.63, 3.8) is 0 Å². The monoisotopic (exact) mass is 285 g/mol. The average molecular weight is 286 g/mol. The second kappa shape index (κ2) is 6.01. The average Bonchev–Trinajstić information content (AvgIpc) is 2.24. The summed E-state index contributed by atoms with van der Waals surface area (Å²) in [6.07, 6.45) is 0.175. The predicted molar refractivity (Wildman–Crippen MR) is 67.4 cm³/mol. The van der Waals surface area contributed by atoms with Crippen LogP contribution in [-0.2, 0) is 4.79 Å². The molecule has 1 rings (SSSR count). The smallest absolute Gasteiger partial charge is 0.304 e. The molecule has 0 radical (unpaired) electrons. The van der Waals surface area contributed by atoms with E-state index in [2.05, 4.69) is 28.9 Å². The second-order valence-corrected chi connectivity index (χ2v) is 4.77. The molecule has 0 saturated carbocycles. The fraction of sp³-hybridized carbons (Fsp3) is 0.417. The van der Waals surface area contributed by atoms with Crippen LogP contribution in [0.15, 0.2) is 28.7 Å². The van der Waals surface area contributed by atoms with Crippen molar-refractivity contribution in [2.24, 2.45) is 0 Å². The lowest BCUT2D eigenvalue weighted by Crippen LogP contribution is -2.25. The van der Waals surface area contributed by atoms with Gasteiger partial charge in [-0.05, 0) is 31.7 Å². The third-order valence-electron chi connectivity index (χ3n) is 2.67. The Hall–Kier alpha value is -0.870. The van der Waals surface area contributed by atoms with E-state index in [4.69, 9.17) is 5.11 Å². The van der Waals surface area contributed by atoms with Gasteiger partial charge in [0.25, 0.3) is 0 Å². The van der Waals surface area contributed by atoms with Crippen molar-refractivity contribution in [2.75, 3.05) is 13.6 Å². The molecule has 0 aliphatic heterocycles. The van der Waals surface area contributed by atoms with Crippen molar-refractivity contribution in [1.29, 1.82) is 0 Å². The Morgan fingerprint density at radius 2 is 2.25 bits per heavy atom. The van der Waals surface area contributed by atoms with Gasteiger partial charge in [0.1, 0.15) is 0 Å². The zero-order chi connectivity index (χ0) is 12.1. The maximum absolute atomic E-state index is 10.5. The van der Waals surface area contributed by atoms with Crippen LogP contribution in [0.25, 0.3) is 0 Å². The van der Waals surface area contributed by atoms with Gasteiger partial charge in [0, 0.05) is 17.1 Å². The summed E-state index contributed by atoms with van der Waals surface area (Å²) in [4.78, 5) is 12.5. The summed E-state index contributed by atoms with van der Waals surface area (Å²) >= 11 is 3.43. The number of hydrogen-bond acceptors (Lipinski definition) is 2. The normalized spacial score (nSPS) is 12.8. The van der Waals surface area contributed by atoms with Crippen molar-refractivity contribution in [2.45, 2.75) is 19.4 Å². The second-order valence-electron chi connectivity index (χ2n) is 3.86. The van der Waals surface area contributed by atoms with E-state index in [9.17, 15) is 4.79 Å². The molecule has 16 heavy (non-hydrogen) atoms. The first kappa shape index (κ1) is 13.2. The molecule has 0 aromatic heterocycles. The molecule has 0 amide bonds. The summed E-state index contributed by atoms with van der Waals surface area (Å²) < 4.78 is 1.04. The zero-order valence-electron chi connectivity index (χ0n) is 9.48. The maximum atomic E-state index is 10.5. The molecule has 0 aliphatic carbocycles. The van der Waals surface area contributed by atoms with Crippen molar-refractivity contribution < 1.29 is 9.90 Å². The number of carboxylic acid groups (broad SMARTS) is 1. The molecule has 1 N–H and O–H groups in total. The zero-order valence-corrected chi connectivity index (χ0v) is 11.1. The highest BCUT2D eigenvalue weighted by Gasteiger charge is 2.12. The topological polar surface area (TPSA) is 40.5 Å². The van der Waals surface area contributed by atoms with Gasteiger partial charge in [-0.15, -0.1) is 0 Å². The Labute approximate surface area is 104 Å². The van der Waals surface area contributed by atoms with E-state index in [0.29, 0.717) is 6.54 Å². The molecule has 0 spiro atoms. The van der Waals surface area contributed by atoms with Crippen LogP contribution in [0.5, 0.6) is 0 Å². The maximum Gasteiger partial charge on any atom is 0.304 e. The molecule has 3 nitrogen and oxygen atoms in total. The third kappa shape index (κ3) is 3.94. The van der Waals surface area contributed by atoms with Crippen molar-refractivity contribution >= 4 is 21.9 Å². The number of carbonyl (C=O) groups is 1. The highest BCUT2D eigenvalue weighted by atomic mass is 79.9. The van der Waals surface area contributed by atoms with E-state index in [-0.39, 0.29) is 12.5 Å². The molecule has 4 heteroatoms. The highest BCUT2D eigenvalue weighted by Crippen LogP contribution is 2.22. The van der Waals surface area contributed by atoms with Gasteiger partial charge < -0.3 is 5.11 Å². The molecule has 88 valence electrons. The van der Waals surface area contributed by atoms with Crippen molar-refractivity contribution in [3.8, 4) is 0 Å². The summed E-state index contributed by atoms with van der Waals surface area (Å²) in [7, 11) is 1.94. The first-order valence-corrected chi connectivity index (χ1v) is 5.97. The molecule has 0 aliphatic rings. The van der Waals surface area contributed by atoms with Gasteiger partial charge in [0.2, 0.25) is 0 Å². The molecule has 0 fully saturated rings. The van der Waals surface area contributed by atoms with Crippen LogP contribution in [-0.4, -0.2) is 29.6 Å². The van der Waals surface area contributed by atoms with Gasteiger partial charge in [-0.2, -0.15) is 0 Å². The highest BCUT2D eigenvalue weighted by molar-refractivity contribution is 9.10. The Morgan fingerprint density at radius 1 is 1.56 bits per heavy atom. The van der Waals surface area contributed by atoms with Crippen LogP contribution in [0.4, 0.5) is 0 Å². The Bertz CT molecular complexity index is 368. The van der Waals surface area contributed by atoms with Crippen molar-refractivity contribution in [1.82, 2.24) is 4.90 Å². The summed E-state index contributed by atoms with van der Waals surface area (Å²) in [6.45, 7) is 2.63. The summed E-state index contributed by atoms with van der Waals surface area (Å²) in [5.74, 6) is -0.756. The molecular formula is C12H16BrNO2. The molecular weight excluding hydrogens is 270 g/mol. The first-order valence-electron chi connectivity index (χ1n) is 5.18. The van der Waals surface area contributed by atoms with Gasteiger partial charge in [-0.3, -0.25) is 9.69 Å². The van der Waals surface area contributed by atoms with Crippen LogP contribution in [0.1, 0.15) is 24.9 Å². The van der Waals surface area contributed by atoms with Crippen molar-refractivity contribution in [3.05, 3.63) is 34.3 Å². The summed E-state index contributed by atoms with van der Waals surface area (Å²) in [6, 6.07) is 8.29. The fourth-order valence-corrected chi connectivity index (χ4v) is 1.90. The van der Waals surface area contributed by atoms with E-state index in [1.165, 1.54) is 5.56 Å². The standard InChI is InChI=1S/C12H16BrNO2/c1-9(14(2)7-6-12(15)16)10-4-3-5-11(13)8-10/h3-5,8-9H,6-7H2,1-2H3,(H,15,16). The van der Waals surface area contributed by atoms with Crippen LogP contribution in [0.3, 0.4) is 0 Å². The van der Waals surface area contributed by atoms with Gasteiger partial charge in [0.05, 0.1) is 6.42 Å². The fourth-order valence-electron chi connectivity index (χ4n) is 1.49. The van der Waals surface area contributed by atoms with Gasteiger partial charge in [0.15, 0.2) is 0 Å². The number of nitrogens with zero attached hydrogens (tertiary/aromatic N) is 1. The predicted octanol–water partition coefficient (Wildman–Crippen LogP) is 2.92. The minimum Gasteiger partial charge on any atom is -0.481 e.